The number of hydrogen-bond donors (Lipinski definition) is 1. The number of nitrogens with one attached hydrogen (secondary N) is 1. The molecule has 1 N–H and O–H groups in total. The van der Waals surface area contributed by atoms with Crippen LogP contribution in [0.2, 0.25) is 0 Å². The zero-order valence-electron chi connectivity index (χ0n) is 11.9. The first-order valence-electron chi connectivity index (χ1n) is 8.38. The van der Waals surface area contributed by atoms with Crippen LogP contribution in [0, 0.1) is 11.8 Å². The van der Waals surface area contributed by atoms with Crippen LogP contribution in [0.4, 0.5) is 0 Å². The van der Waals surface area contributed by atoms with Crippen molar-refractivity contribution in [3.63, 3.8) is 0 Å². The Morgan fingerprint density at radius 2 is 1.78 bits per heavy atom. The third kappa shape index (κ3) is 3.08. The molecule has 1 aliphatic carbocycles. The molecule has 18 heavy (non-hydrogen) atoms. The van der Waals surface area contributed by atoms with Crippen molar-refractivity contribution in [1.82, 2.24) is 10.2 Å². The minimum Gasteiger partial charge on any atom is -0.317 e. The van der Waals surface area contributed by atoms with Crippen molar-refractivity contribution >= 4 is 0 Å². The normalized spacial score (nSPS) is 34.7. The number of likely N-dealkylation sites (tertiary alicyclic amines) is 1. The van der Waals surface area contributed by atoms with Gasteiger partial charge in [-0.1, -0.05) is 12.8 Å². The highest BCUT2D eigenvalue weighted by Gasteiger charge is 2.34. The Kier molecular flexibility index (Phi) is 4.58. The Bertz CT molecular complexity index is 247. The SMILES string of the molecule is C1CCC2C(C1)CCN2CCCC1CCNCC1. The first kappa shape index (κ1) is 12.9. The molecular formula is C16H30N2. The van der Waals surface area contributed by atoms with E-state index in [1.807, 2.05) is 0 Å². The summed E-state index contributed by atoms with van der Waals surface area (Å²) in [6.07, 6.45) is 13.3. The molecule has 1 saturated carbocycles. The maximum Gasteiger partial charge on any atom is 0.0124 e. The van der Waals surface area contributed by atoms with Gasteiger partial charge >= 0.3 is 0 Å². The molecule has 2 unspecified atom stereocenters. The number of rotatable bonds is 4. The molecule has 0 aromatic heterocycles. The van der Waals surface area contributed by atoms with Gasteiger partial charge in [0.05, 0.1) is 0 Å². The summed E-state index contributed by atoms with van der Waals surface area (Å²) >= 11 is 0. The van der Waals surface area contributed by atoms with Crippen LogP contribution in [-0.2, 0) is 0 Å². The lowest BCUT2D eigenvalue weighted by Gasteiger charge is -2.32. The molecule has 2 saturated heterocycles. The van der Waals surface area contributed by atoms with E-state index in [1.54, 1.807) is 0 Å². The van der Waals surface area contributed by atoms with E-state index < -0.39 is 0 Å². The fraction of sp³-hybridized carbons (Fsp3) is 1.00. The smallest absolute Gasteiger partial charge is 0.0124 e. The van der Waals surface area contributed by atoms with Crippen molar-refractivity contribution in [2.24, 2.45) is 11.8 Å². The van der Waals surface area contributed by atoms with Crippen molar-refractivity contribution in [2.75, 3.05) is 26.2 Å². The summed E-state index contributed by atoms with van der Waals surface area (Å²) in [7, 11) is 0. The first-order chi connectivity index (χ1) is 8.93. The van der Waals surface area contributed by atoms with Gasteiger partial charge in [-0.2, -0.15) is 0 Å². The quantitative estimate of drug-likeness (QED) is 0.825. The summed E-state index contributed by atoms with van der Waals surface area (Å²) < 4.78 is 0. The summed E-state index contributed by atoms with van der Waals surface area (Å²) in [6, 6.07) is 0.978. The van der Waals surface area contributed by atoms with Crippen LogP contribution in [0.15, 0.2) is 0 Å². The second-order valence-corrected chi connectivity index (χ2v) is 6.77. The minimum absolute atomic E-state index is 0.978. The van der Waals surface area contributed by atoms with Crippen LogP contribution in [0.1, 0.15) is 57.8 Å². The monoisotopic (exact) mass is 250 g/mol. The lowest BCUT2D eigenvalue weighted by molar-refractivity contribution is 0.175. The molecule has 3 rings (SSSR count). The highest BCUT2D eigenvalue weighted by molar-refractivity contribution is 4.89. The van der Waals surface area contributed by atoms with Gasteiger partial charge in [0.15, 0.2) is 0 Å². The van der Waals surface area contributed by atoms with Gasteiger partial charge in [-0.05, 0) is 83.0 Å². The molecule has 2 nitrogen and oxygen atoms in total. The predicted molar refractivity (Wildman–Crippen MR) is 76.8 cm³/mol. The Morgan fingerprint density at radius 1 is 0.944 bits per heavy atom. The molecule has 2 aliphatic heterocycles. The molecule has 2 heteroatoms. The van der Waals surface area contributed by atoms with Crippen molar-refractivity contribution < 1.29 is 0 Å². The maximum atomic E-state index is 3.47. The lowest BCUT2D eigenvalue weighted by Crippen LogP contribution is -2.35. The van der Waals surface area contributed by atoms with Gasteiger partial charge in [0.25, 0.3) is 0 Å². The second-order valence-electron chi connectivity index (χ2n) is 6.77. The van der Waals surface area contributed by atoms with Crippen LogP contribution in [0.3, 0.4) is 0 Å². The average molecular weight is 250 g/mol. The molecule has 3 fully saturated rings. The average Bonchev–Trinajstić information content (AvgIpc) is 2.84. The topological polar surface area (TPSA) is 15.3 Å². The Morgan fingerprint density at radius 3 is 2.67 bits per heavy atom. The number of fused-ring (bicyclic) bond motifs is 1. The Balaban J connectivity index is 1.37. The van der Waals surface area contributed by atoms with Crippen molar-refractivity contribution in [3.8, 4) is 0 Å². The Labute approximate surface area is 113 Å². The number of hydrogen-bond acceptors (Lipinski definition) is 2. The summed E-state index contributed by atoms with van der Waals surface area (Å²) in [6.45, 7) is 5.32. The van der Waals surface area contributed by atoms with Crippen molar-refractivity contribution in [1.29, 1.82) is 0 Å². The minimum atomic E-state index is 0.978. The molecule has 3 aliphatic rings. The third-order valence-corrected chi connectivity index (χ3v) is 5.64. The lowest BCUT2D eigenvalue weighted by atomic mass is 9.85. The molecule has 0 aromatic rings. The summed E-state index contributed by atoms with van der Waals surface area (Å²) in [5.41, 5.74) is 0. The second kappa shape index (κ2) is 6.38. The molecule has 0 radical (unpaired) electrons. The maximum absolute atomic E-state index is 3.47. The van der Waals surface area contributed by atoms with Crippen molar-refractivity contribution in [2.45, 2.75) is 63.8 Å². The van der Waals surface area contributed by atoms with Crippen LogP contribution in [-0.4, -0.2) is 37.1 Å². The highest BCUT2D eigenvalue weighted by atomic mass is 15.2. The number of piperidine rings is 1. The van der Waals surface area contributed by atoms with Crippen molar-refractivity contribution in [3.05, 3.63) is 0 Å². The van der Waals surface area contributed by atoms with E-state index in [-0.39, 0.29) is 0 Å². The summed E-state index contributed by atoms with van der Waals surface area (Å²) in [5, 5.41) is 3.47. The standard InChI is InChI=1S/C16H30N2/c1-2-6-16-15(5-1)9-13-18(16)12-3-4-14-7-10-17-11-8-14/h14-17H,1-13H2. The van der Waals surface area contributed by atoms with Crippen LogP contribution in [0.5, 0.6) is 0 Å². The van der Waals surface area contributed by atoms with E-state index in [2.05, 4.69) is 10.2 Å². The molecule has 104 valence electrons. The molecule has 0 aromatic carbocycles. The third-order valence-electron chi connectivity index (χ3n) is 5.64. The molecule has 2 heterocycles. The Hall–Kier alpha value is -0.0800. The molecule has 0 amide bonds. The van der Waals surface area contributed by atoms with Gasteiger partial charge in [-0.25, -0.2) is 0 Å². The van der Waals surface area contributed by atoms with Gasteiger partial charge in [0.2, 0.25) is 0 Å². The van der Waals surface area contributed by atoms with E-state index in [9.17, 15) is 0 Å². The number of nitrogens with zero attached hydrogens (tertiary/aromatic N) is 1. The first-order valence-corrected chi connectivity index (χ1v) is 8.38. The molecule has 0 spiro atoms. The zero-order chi connectivity index (χ0) is 12.2. The van der Waals surface area contributed by atoms with E-state index in [0.717, 1.165) is 17.9 Å². The van der Waals surface area contributed by atoms with Gasteiger partial charge in [0.1, 0.15) is 0 Å². The predicted octanol–water partition coefficient (Wildman–Crippen LogP) is 3.03. The van der Waals surface area contributed by atoms with Crippen LogP contribution in [0.25, 0.3) is 0 Å². The largest absolute Gasteiger partial charge is 0.317 e. The van der Waals surface area contributed by atoms with E-state index in [0.29, 0.717) is 0 Å². The van der Waals surface area contributed by atoms with E-state index >= 15 is 0 Å². The van der Waals surface area contributed by atoms with Crippen LogP contribution < -0.4 is 5.32 Å². The fourth-order valence-corrected chi connectivity index (χ4v) is 4.53. The van der Waals surface area contributed by atoms with Gasteiger partial charge in [0, 0.05) is 6.04 Å². The highest BCUT2D eigenvalue weighted by Crippen LogP contribution is 2.36. The molecule has 0 bridgehead atoms. The van der Waals surface area contributed by atoms with Gasteiger partial charge in [-0.15, -0.1) is 0 Å². The summed E-state index contributed by atoms with van der Waals surface area (Å²) in [5.74, 6) is 2.09. The summed E-state index contributed by atoms with van der Waals surface area (Å²) in [4.78, 5) is 2.84. The van der Waals surface area contributed by atoms with Crippen LogP contribution >= 0.6 is 0 Å². The molecular weight excluding hydrogens is 220 g/mol. The molecule has 2 atom stereocenters. The van der Waals surface area contributed by atoms with Gasteiger partial charge in [-0.3, -0.25) is 0 Å². The van der Waals surface area contributed by atoms with E-state index in [4.69, 9.17) is 0 Å². The van der Waals surface area contributed by atoms with Gasteiger partial charge < -0.3 is 10.2 Å². The zero-order valence-corrected chi connectivity index (χ0v) is 11.9. The van der Waals surface area contributed by atoms with E-state index in [1.165, 1.54) is 84.0 Å². The fourth-order valence-electron chi connectivity index (χ4n) is 4.53.